The van der Waals surface area contributed by atoms with E-state index in [9.17, 15) is 9.90 Å². The van der Waals surface area contributed by atoms with Gasteiger partial charge in [-0.25, -0.2) is 0 Å². The normalized spacial score (nSPS) is 23.3. The molecule has 3 N–H and O–H groups in total. The zero-order valence-electron chi connectivity index (χ0n) is 13.1. The van der Waals surface area contributed by atoms with Crippen molar-refractivity contribution in [2.45, 2.75) is 31.8 Å². The highest BCUT2D eigenvalue weighted by atomic mass is 16.3. The topological polar surface area (TPSA) is 74.5 Å². The fourth-order valence-electron chi connectivity index (χ4n) is 3.69. The summed E-state index contributed by atoms with van der Waals surface area (Å²) in [6, 6.07) is 4.31. The van der Waals surface area contributed by atoms with Gasteiger partial charge in [-0.15, -0.1) is 0 Å². The second-order valence-electron chi connectivity index (χ2n) is 6.70. The van der Waals surface area contributed by atoms with Gasteiger partial charge in [0.2, 0.25) is 5.91 Å². The predicted octanol–water partition coefficient (Wildman–Crippen LogP) is 1.16. The SMILES string of the molecule is O=C(Cc1coc2cc3c(cc12)CCC3)NCC1CNCC1O. The Labute approximate surface area is 135 Å². The van der Waals surface area contributed by atoms with Gasteiger partial charge in [-0.2, -0.15) is 0 Å². The lowest BCUT2D eigenvalue weighted by Crippen LogP contribution is -2.35. The number of furan rings is 1. The fraction of sp³-hybridized carbons (Fsp3) is 0.500. The van der Waals surface area contributed by atoms with Crippen LogP contribution < -0.4 is 10.6 Å². The number of hydrogen-bond acceptors (Lipinski definition) is 4. The number of nitrogens with one attached hydrogen (secondary N) is 2. The molecule has 0 spiro atoms. The number of aryl methyl sites for hydroxylation is 2. The molecular weight excluding hydrogens is 292 g/mol. The van der Waals surface area contributed by atoms with E-state index in [0.717, 1.165) is 35.9 Å². The molecule has 1 aromatic carbocycles. The third-order valence-corrected chi connectivity index (χ3v) is 5.08. The third kappa shape index (κ3) is 2.86. The Balaban J connectivity index is 1.44. The molecule has 2 aromatic rings. The van der Waals surface area contributed by atoms with E-state index in [1.807, 2.05) is 0 Å². The van der Waals surface area contributed by atoms with Crippen molar-refractivity contribution >= 4 is 16.9 Å². The van der Waals surface area contributed by atoms with Crippen LogP contribution >= 0.6 is 0 Å². The highest BCUT2D eigenvalue weighted by molar-refractivity contribution is 5.88. The van der Waals surface area contributed by atoms with Crippen molar-refractivity contribution < 1.29 is 14.3 Å². The highest BCUT2D eigenvalue weighted by Crippen LogP contribution is 2.30. The van der Waals surface area contributed by atoms with E-state index in [0.29, 0.717) is 19.5 Å². The molecule has 5 nitrogen and oxygen atoms in total. The lowest BCUT2D eigenvalue weighted by atomic mass is 10.0. The first-order valence-electron chi connectivity index (χ1n) is 8.38. The number of rotatable bonds is 4. The molecule has 2 atom stereocenters. The van der Waals surface area contributed by atoms with Gasteiger partial charge in [0, 0.05) is 36.5 Å². The average Bonchev–Trinajstić information content (AvgIpc) is 3.24. The molecule has 2 unspecified atom stereocenters. The van der Waals surface area contributed by atoms with Gasteiger partial charge < -0.3 is 20.2 Å². The Morgan fingerprint density at radius 1 is 1.30 bits per heavy atom. The van der Waals surface area contributed by atoms with Gasteiger partial charge in [-0.05, 0) is 42.5 Å². The molecule has 0 saturated carbocycles. The molecule has 1 fully saturated rings. The summed E-state index contributed by atoms with van der Waals surface area (Å²) in [5, 5.41) is 16.9. The standard InChI is InChI=1S/C18H22N2O3/c21-16-9-19-7-14(16)8-20-18(22)6-13-10-23-17-5-12-3-1-2-11(12)4-15(13)17/h4-5,10,14,16,19,21H,1-3,6-9H2,(H,20,22). The van der Waals surface area contributed by atoms with Crippen LogP contribution in [0.15, 0.2) is 22.8 Å². The molecule has 1 aliphatic heterocycles. The molecule has 5 heteroatoms. The molecule has 1 amide bonds. The van der Waals surface area contributed by atoms with Crippen LogP contribution in [0.3, 0.4) is 0 Å². The van der Waals surface area contributed by atoms with Gasteiger partial charge >= 0.3 is 0 Å². The number of carbonyl (C=O) groups excluding carboxylic acids is 1. The van der Waals surface area contributed by atoms with Crippen molar-refractivity contribution in [2.24, 2.45) is 5.92 Å². The first-order valence-corrected chi connectivity index (χ1v) is 8.38. The summed E-state index contributed by atoms with van der Waals surface area (Å²) in [5.74, 6) is 0.0793. The molecule has 0 radical (unpaired) electrons. The number of amides is 1. The van der Waals surface area contributed by atoms with Crippen molar-refractivity contribution in [2.75, 3.05) is 19.6 Å². The molecular formula is C18H22N2O3. The van der Waals surface area contributed by atoms with Crippen LogP contribution in [0, 0.1) is 5.92 Å². The smallest absolute Gasteiger partial charge is 0.224 e. The van der Waals surface area contributed by atoms with Crippen LogP contribution in [0.2, 0.25) is 0 Å². The summed E-state index contributed by atoms with van der Waals surface area (Å²) in [6.07, 6.45) is 5.10. The quantitative estimate of drug-likeness (QED) is 0.792. The summed E-state index contributed by atoms with van der Waals surface area (Å²) >= 11 is 0. The summed E-state index contributed by atoms with van der Waals surface area (Å²) < 4.78 is 5.64. The predicted molar refractivity (Wildman–Crippen MR) is 87.3 cm³/mol. The molecule has 0 bridgehead atoms. The van der Waals surface area contributed by atoms with Crippen molar-refractivity contribution in [3.05, 3.63) is 35.1 Å². The Morgan fingerprint density at radius 2 is 2.13 bits per heavy atom. The van der Waals surface area contributed by atoms with Crippen LogP contribution in [0.25, 0.3) is 11.0 Å². The number of aliphatic hydroxyl groups excluding tert-OH is 1. The van der Waals surface area contributed by atoms with E-state index >= 15 is 0 Å². The van der Waals surface area contributed by atoms with Crippen LogP contribution in [0.1, 0.15) is 23.1 Å². The van der Waals surface area contributed by atoms with Crippen LogP contribution in [0.5, 0.6) is 0 Å². The molecule has 1 aromatic heterocycles. The van der Waals surface area contributed by atoms with E-state index in [1.165, 1.54) is 17.5 Å². The molecule has 2 heterocycles. The third-order valence-electron chi connectivity index (χ3n) is 5.08. The number of carbonyl (C=O) groups is 1. The summed E-state index contributed by atoms with van der Waals surface area (Å²) in [6.45, 7) is 1.87. The summed E-state index contributed by atoms with van der Waals surface area (Å²) in [7, 11) is 0. The number of β-amino-alcohol motifs (C(OH)–C–C–N with tert-alkyl or cyclic N) is 1. The Bertz CT molecular complexity index is 737. The Morgan fingerprint density at radius 3 is 2.91 bits per heavy atom. The largest absolute Gasteiger partial charge is 0.464 e. The van der Waals surface area contributed by atoms with E-state index in [-0.39, 0.29) is 17.9 Å². The molecule has 1 saturated heterocycles. The zero-order chi connectivity index (χ0) is 15.8. The second-order valence-corrected chi connectivity index (χ2v) is 6.70. The number of fused-ring (bicyclic) bond motifs is 2. The van der Waals surface area contributed by atoms with E-state index < -0.39 is 0 Å². The van der Waals surface area contributed by atoms with Crippen LogP contribution in [0.4, 0.5) is 0 Å². The van der Waals surface area contributed by atoms with Gasteiger partial charge in [-0.3, -0.25) is 4.79 Å². The lowest BCUT2D eigenvalue weighted by molar-refractivity contribution is -0.120. The van der Waals surface area contributed by atoms with E-state index in [2.05, 4.69) is 22.8 Å². The monoisotopic (exact) mass is 314 g/mol. The summed E-state index contributed by atoms with van der Waals surface area (Å²) in [5.41, 5.74) is 4.59. The minimum Gasteiger partial charge on any atom is -0.464 e. The van der Waals surface area contributed by atoms with Crippen LogP contribution in [-0.2, 0) is 24.1 Å². The van der Waals surface area contributed by atoms with Gasteiger partial charge in [0.05, 0.1) is 18.8 Å². The van der Waals surface area contributed by atoms with Gasteiger partial charge in [-0.1, -0.05) is 0 Å². The zero-order valence-corrected chi connectivity index (χ0v) is 13.1. The molecule has 122 valence electrons. The second kappa shape index (κ2) is 5.98. The van der Waals surface area contributed by atoms with Gasteiger partial charge in [0.15, 0.2) is 0 Å². The average molecular weight is 314 g/mol. The maximum absolute atomic E-state index is 12.2. The molecule has 1 aliphatic carbocycles. The fourth-order valence-corrected chi connectivity index (χ4v) is 3.69. The van der Waals surface area contributed by atoms with Crippen molar-refractivity contribution in [3.63, 3.8) is 0 Å². The minimum atomic E-state index is -0.368. The van der Waals surface area contributed by atoms with Gasteiger partial charge in [0.1, 0.15) is 5.58 Å². The first kappa shape index (κ1) is 14.7. The first-order chi connectivity index (χ1) is 11.2. The Kier molecular flexibility index (Phi) is 3.83. The maximum atomic E-state index is 12.2. The van der Waals surface area contributed by atoms with Crippen molar-refractivity contribution in [1.29, 1.82) is 0 Å². The summed E-state index contributed by atoms with van der Waals surface area (Å²) in [4.78, 5) is 12.2. The molecule has 4 rings (SSSR count). The number of aliphatic hydroxyl groups is 1. The number of benzene rings is 1. The maximum Gasteiger partial charge on any atom is 0.224 e. The lowest BCUT2D eigenvalue weighted by Gasteiger charge is -2.13. The van der Waals surface area contributed by atoms with Crippen molar-refractivity contribution in [3.8, 4) is 0 Å². The van der Waals surface area contributed by atoms with Gasteiger partial charge in [0.25, 0.3) is 0 Å². The molecule has 2 aliphatic rings. The highest BCUT2D eigenvalue weighted by Gasteiger charge is 2.25. The van der Waals surface area contributed by atoms with Crippen LogP contribution in [-0.4, -0.2) is 36.8 Å². The molecule has 23 heavy (non-hydrogen) atoms. The minimum absolute atomic E-state index is 0.0210. The van der Waals surface area contributed by atoms with Crippen molar-refractivity contribution in [1.82, 2.24) is 10.6 Å². The van der Waals surface area contributed by atoms with E-state index in [1.54, 1.807) is 6.26 Å². The van der Waals surface area contributed by atoms with E-state index in [4.69, 9.17) is 4.42 Å². The Hall–Kier alpha value is -1.85. The number of hydrogen-bond donors (Lipinski definition) is 3.